The van der Waals surface area contributed by atoms with Crippen LogP contribution in [0, 0.1) is 0 Å². The van der Waals surface area contributed by atoms with E-state index in [0.717, 1.165) is 0 Å². The average molecular weight is 272 g/mol. The van der Waals surface area contributed by atoms with E-state index in [0.29, 0.717) is 0 Å². The quantitative estimate of drug-likeness (QED) is 0.382. The number of rotatable bonds is 8. The van der Waals surface area contributed by atoms with Gasteiger partial charge in [-0.15, -0.1) is 0 Å². The van der Waals surface area contributed by atoms with E-state index in [4.69, 9.17) is 18.9 Å². The van der Waals surface area contributed by atoms with Gasteiger partial charge in [0.25, 0.3) is 0 Å². The molecule has 0 fully saturated rings. The molecule has 0 aromatic heterocycles. The van der Waals surface area contributed by atoms with Crippen molar-refractivity contribution in [2.75, 3.05) is 6.79 Å². The molecule has 2 unspecified atom stereocenters. The van der Waals surface area contributed by atoms with Gasteiger partial charge in [0.05, 0.1) is 0 Å². The van der Waals surface area contributed by atoms with E-state index in [1.54, 1.807) is 0 Å². The molecule has 0 aliphatic heterocycles. The van der Waals surface area contributed by atoms with Crippen LogP contribution >= 0.6 is 0 Å². The summed E-state index contributed by atoms with van der Waals surface area (Å²) in [6, 6.07) is 0. The molecule has 0 saturated heterocycles. The van der Waals surface area contributed by atoms with Crippen LogP contribution in [0.5, 0.6) is 0 Å². The van der Waals surface area contributed by atoms with Crippen LogP contribution in [0.15, 0.2) is 24.3 Å². The smallest absolute Gasteiger partial charge is 0.335 e. The normalized spacial score (nSPS) is 13.3. The number of carbonyl (C=O) groups excluding carboxylic acids is 2. The summed E-state index contributed by atoms with van der Waals surface area (Å²) in [6.45, 7) is 12.8. The van der Waals surface area contributed by atoms with Gasteiger partial charge < -0.3 is 18.9 Å². The highest BCUT2D eigenvalue weighted by Gasteiger charge is 2.13. The van der Waals surface area contributed by atoms with Gasteiger partial charge in [-0.3, -0.25) is 0 Å². The second-order valence-electron chi connectivity index (χ2n) is 3.96. The Bertz CT molecular complexity index is 326. The molecule has 0 aromatic carbocycles. The zero-order chi connectivity index (χ0) is 15.0. The Morgan fingerprint density at radius 1 is 0.895 bits per heavy atom. The molecule has 0 aromatic rings. The third-order valence-corrected chi connectivity index (χ3v) is 1.85. The molecule has 19 heavy (non-hydrogen) atoms. The first-order valence-electron chi connectivity index (χ1n) is 5.70. The molecule has 0 aliphatic carbocycles. The summed E-state index contributed by atoms with van der Waals surface area (Å²) < 4.78 is 19.8. The first-order chi connectivity index (χ1) is 8.73. The van der Waals surface area contributed by atoms with Gasteiger partial charge in [0.15, 0.2) is 6.79 Å². The lowest BCUT2D eigenvalue weighted by molar-refractivity contribution is -0.229. The van der Waals surface area contributed by atoms with E-state index in [2.05, 4.69) is 13.2 Å². The highest BCUT2D eigenvalue weighted by atomic mass is 16.8. The summed E-state index contributed by atoms with van der Waals surface area (Å²) in [5.74, 6) is -1.09. The molecule has 0 amide bonds. The van der Waals surface area contributed by atoms with Crippen LogP contribution in [-0.4, -0.2) is 31.3 Å². The van der Waals surface area contributed by atoms with E-state index < -0.39 is 24.5 Å². The second-order valence-corrected chi connectivity index (χ2v) is 3.96. The Hall–Kier alpha value is -1.66. The molecule has 0 rings (SSSR count). The van der Waals surface area contributed by atoms with Gasteiger partial charge in [-0.25, -0.2) is 9.59 Å². The fourth-order valence-corrected chi connectivity index (χ4v) is 0.802. The third kappa shape index (κ3) is 8.12. The minimum absolute atomic E-state index is 0.185. The summed E-state index contributed by atoms with van der Waals surface area (Å²) in [5, 5.41) is 0. The van der Waals surface area contributed by atoms with Crippen molar-refractivity contribution in [2.24, 2.45) is 0 Å². The number of carbonyl (C=O) groups is 2. The van der Waals surface area contributed by atoms with Gasteiger partial charge in [-0.2, -0.15) is 0 Å². The van der Waals surface area contributed by atoms with Crippen molar-refractivity contribution in [3.63, 3.8) is 0 Å². The first-order valence-corrected chi connectivity index (χ1v) is 5.70. The number of hydrogen-bond donors (Lipinski definition) is 0. The summed E-state index contributed by atoms with van der Waals surface area (Å²) in [6.07, 6.45) is -1.57. The summed E-state index contributed by atoms with van der Waals surface area (Å²) in [7, 11) is 0. The SMILES string of the molecule is C=C(C)C(=O)OC(C)OCOC(C)OC(=O)C(=C)C. The lowest BCUT2D eigenvalue weighted by Gasteiger charge is -2.17. The summed E-state index contributed by atoms with van der Waals surface area (Å²) >= 11 is 0. The van der Waals surface area contributed by atoms with Gasteiger partial charge in [-0.05, 0) is 27.7 Å². The van der Waals surface area contributed by atoms with Gasteiger partial charge in [0.2, 0.25) is 12.6 Å². The first kappa shape index (κ1) is 17.3. The zero-order valence-electron chi connectivity index (χ0n) is 11.7. The van der Waals surface area contributed by atoms with E-state index in [1.165, 1.54) is 27.7 Å². The molecule has 2 atom stereocenters. The zero-order valence-corrected chi connectivity index (χ0v) is 11.7. The molecular weight excluding hydrogens is 252 g/mol. The van der Waals surface area contributed by atoms with Crippen LogP contribution in [-0.2, 0) is 28.5 Å². The molecule has 6 heteroatoms. The van der Waals surface area contributed by atoms with Crippen LogP contribution in [0.25, 0.3) is 0 Å². The van der Waals surface area contributed by atoms with Crippen LogP contribution in [0.3, 0.4) is 0 Å². The maximum absolute atomic E-state index is 11.1. The molecule has 108 valence electrons. The van der Waals surface area contributed by atoms with Crippen molar-refractivity contribution in [3.8, 4) is 0 Å². The minimum atomic E-state index is -0.784. The Morgan fingerprint density at radius 2 is 1.21 bits per heavy atom. The Balaban J connectivity index is 3.84. The predicted molar refractivity (Wildman–Crippen MR) is 67.8 cm³/mol. The highest BCUT2D eigenvalue weighted by Crippen LogP contribution is 2.03. The van der Waals surface area contributed by atoms with Gasteiger partial charge in [0, 0.05) is 11.1 Å². The van der Waals surface area contributed by atoms with Gasteiger partial charge >= 0.3 is 11.9 Å². The van der Waals surface area contributed by atoms with Crippen LogP contribution in [0.4, 0.5) is 0 Å². The lowest BCUT2D eigenvalue weighted by Crippen LogP contribution is -2.24. The Kier molecular flexibility index (Phi) is 7.71. The van der Waals surface area contributed by atoms with Gasteiger partial charge in [0.1, 0.15) is 0 Å². The van der Waals surface area contributed by atoms with E-state index in [9.17, 15) is 9.59 Å². The van der Waals surface area contributed by atoms with Crippen molar-refractivity contribution >= 4 is 11.9 Å². The van der Waals surface area contributed by atoms with Crippen LogP contribution in [0.2, 0.25) is 0 Å². The van der Waals surface area contributed by atoms with E-state index in [1.807, 2.05) is 0 Å². The molecule has 0 spiro atoms. The van der Waals surface area contributed by atoms with Crippen molar-refractivity contribution in [2.45, 2.75) is 40.3 Å². The van der Waals surface area contributed by atoms with E-state index in [-0.39, 0.29) is 17.9 Å². The summed E-state index contributed by atoms with van der Waals surface area (Å²) in [5.41, 5.74) is 0.556. The third-order valence-electron chi connectivity index (χ3n) is 1.85. The van der Waals surface area contributed by atoms with Crippen LogP contribution in [0.1, 0.15) is 27.7 Å². The average Bonchev–Trinajstić information content (AvgIpc) is 2.28. The minimum Gasteiger partial charge on any atom is -0.433 e. The molecule has 0 N–H and O–H groups in total. The van der Waals surface area contributed by atoms with Crippen molar-refractivity contribution < 1.29 is 28.5 Å². The van der Waals surface area contributed by atoms with Crippen molar-refractivity contribution in [1.29, 1.82) is 0 Å². The van der Waals surface area contributed by atoms with Crippen molar-refractivity contribution in [1.82, 2.24) is 0 Å². The fourth-order valence-electron chi connectivity index (χ4n) is 0.802. The Morgan fingerprint density at radius 3 is 1.47 bits per heavy atom. The van der Waals surface area contributed by atoms with Crippen molar-refractivity contribution in [3.05, 3.63) is 24.3 Å². The summed E-state index contributed by atoms with van der Waals surface area (Å²) in [4.78, 5) is 22.3. The molecule has 0 saturated carbocycles. The molecule has 0 radical (unpaired) electrons. The maximum atomic E-state index is 11.1. The molecule has 0 bridgehead atoms. The monoisotopic (exact) mass is 272 g/mol. The molecule has 0 heterocycles. The predicted octanol–water partition coefficient (Wildman–Crippen LogP) is 1.91. The second kappa shape index (κ2) is 8.44. The fraction of sp³-hybridized carbons (Fsp3) is 0.538. The van der Waals surface area contributed by atoms with E-state index >= 15 is 0 Å². The largest absolute Gasteiger partial charge is 0.433 e. The lowest BCUT2D eigenvalue weighted by atomic mass is 10.4. The van der Waals surface area contributed by atoms with Gasteiger partial charge in [-0.1, -0.05) is 13.2 Å². The molecule has 6 nitrogen and oxygen atoms in total. The maximum Gasteiger partial charge on any atom is 0.335 e. The topological polar surface area (TPSA) is 71.1 Å². The molecule has 0 aliphatic rings. The Labute approximate surface area is 113 Å². The highest BCUT2D eigenvalue weighted by molar-refractivity contribution is 5.87. The number of esters is 2. The van der Waals surface area contributed by atoms with Crippen LogP contribution < -0.4 is 0 Å². The standard InChI is InChI=1S/C13H20O6/c1-8(2)12(14)18-10(5)16-7-17-11(6)19-13(15)9(3)4/h10-11H,1,3,7H2,2,4-6H3. The number of hydrogen-bond acceptors (Lipinski definition) is 6. The molecular formula is C13H20O6. The number of ether oxygens (including phenoxy) is 4.